The number of halogens is 1. The van der Waals surface area contributed by atoms with Crippen molar-refractivity contribution >= 4 is 45.3 Å². The van der Waals surface area contributed by atoms with Crippen LogP contribution in [-0.4, -0.2) is 9.91 Å². The maximum atomic E-state index is 10.9. The van der Waals surface area contributed by atoms with E-state index in [1.807, 2.05) is 22.6 Å². The van der Waals surface area contributed by atoms with Gasteiger partial charge in [-0.05, 0) is 34.7 Å². The van der Waals surface area contributed by atoms with Crippen molar-refractivity contribution in [3.63, 3.8) is 0 Å². The Bertz CT molecular complexity index is 637. The van der Waals surface area contributed by atoms with Crippen LogP contribution in [0, 0.1) is 13.7 Å². The van der Waals surface area contributed by atoms with E-state index in [0.717, 1.165) is 14.9 Å². The first kappa shape index (κ1) is 13.0. The summed E-state index contributed by atoms with van der Waals surface area (Å²) >= 11 is 3.09. The van der Waals surface area contributed by atoms with Crippen LogP contribution in [0.15, 0.2) is 28.4 Å². The van der Waals surface area contributed by atoms with Gasteiger partial charge in [-0.25, -0.2) is 0 Å². The summed E-state index contributed by atoms with van der Waals surface area (Å²) in [5.41, 5.74) is 1.17. The number of nitrogens with zero attached hydrogens (tertiary/aromatic N) is 1. The summed E-state index contributed by atoms with van der Waals surface area (Å²) in [4.78, 5) is 23.9. The van der Waals surface area contributed by atoms with E-state index in [1.54, 1.807) is 17.5 Å². The van der Waals surface area contributed by atoms with Crippen molar-refractivity contribution in [2.24, 2.45) is 0 Å². The molecule has 0 aliphatic heterocycles. The second-order valence-electron chi connectivity index (χ2n) is 3.45. The van der Waals surface area contributed by atoms with Gasteiger partial charge in [-0.15, -0.1) is 0 Å². The Labute approximate surface area is 119 Å². The summed E-state index contributed by atoms with van der Waals surface area (Å²) in [5.74, 6) is 0. The molecule has 0 radical (unpaired) electrons. The standard InChI is InChI=1S/C10H8IN3O3S/c11-6-1-2-8(9(3-6)14(16)17)12-4-7-5-18-10(15)13-7/h1-3,5,12H,4H2,(H,13,15). The van der Waals surface area contributed by atoms with E-state index in [4.69, 9.17) is 0 Å². The van der Waals surface area contributed by atoms with Gasteiger partial charge in [0.15, 0.2) is 0 Å². The lowest BCUT2D eigenvalue weighted by molar-refractivity contribution is -0.384. The van der Waals surface area contributed by atoms with E-state index in [-0.39, 0.29) is 10.6 Å². The highest BCUT2D eigenvalue weighted by molar-refractivity contribution is 14.1. The van der Waals surface area contributed by atoms with Crippen molar-refractivity contribution in [2.45, 2.75) is 6.54 Å². The van der Waals surface area contributed by atoms with Gasteiger partial charge < -0.3 is 10.3 Å². The van der Waals surface area contributed by atoms with Crippen LogP contribution in [0.1, 0.15) is 5.69 Å². The lowest BCUT2D eigenvalue weighted by Crippen LogP contribution is -2.05. The molecule has 0 fully saturated rings. The average molecular weight is 377 g/mol. The van der Waals surface area contributed by atoms with Crippen LogP contribution in [0.25, 0.3) is 0 Å². The molecule has 2 rings (SSSR count). The third kappa shape index (κ3) is 3.07. The highest BCUT2D eigenvalue weighted by Crippen LogP contribution is 2.26. The van der Waals surface area contributed by atoms with E-state index in [9.17, 15) is 14.9 Å². The van der Waals surface area contributed by atoms with Crippen molar-refractivity contribution in [3.8, 4) is 0 Å². The number of benzene rings is 1. The molecule has 0 unspecified atom stereocenters. The number of hydrogen-bond donors (Lipinski definition) is 2. The van der Waals surface area contributed by atoms with Crippen LogP contribution in [0.5, 0.6) is 0 Å². The third-order valence-corrected chi connectivity index (χ3v) is 3.59. The number of nitro benzene ring substituents is 1. The van der Waals surface area contributed by atoms with Gasteiger partial charge in [0.05, 0.1) is 11.5 Å². The molecule has 94 valence electrons. The maximum Gasteiger partial charge on any atom is 0.304 e. The van der Waals surface area contributed by atoms with Crippen LogP contribution in [0.3, 0.4) is 0 Å². The summed E-state index contributed by atoms with van der Waals surface area (Å²) < 4.78 is 0.800. The molecular formula is C10H8IN3O3S. The summed E-state index contributed by atoms with van der Waals surface area (Å²) in [6.07, 6.45) is 0. The van der Waals surface area contributed by atoms with Crippen molar-refractivity contribution in [2.75, 3.05) is 5.32 Å². The van der Waals surface area contributed by atoms with E-state index in [2.05, 4.69) is 10.3 Å². The number of nitrogens with one attached hydrogen (secondary N) is 2. The first-order valence-corrected chi connectivity index (χ1v) is 6.86. The fraction of sp³-hybridized carbons (Fsp3) is 0.100. The second kappa shape index (κ2) is 5.48. The van der Waals surface area contributed by atoms with Crippen molar-refractivity contribution in [1.29, 1.82) is 0 Å². The molecule has 2 N–H and O–H groups in total. The van der Waals surface area contributed by atoms with Crippen LogP contribution in [0.4, 0.5) is 11.4 Å². The number of nitro groups is 1. The van der Waals surface area contributed by atoms with Crippen LogP contribution >= 0.6 is 33.9 Å². The SMILES string of the molecule is O=c1[nH]c(CNc2ccc(I)cc2[N+](=O)[O-])cs1. The smallest absolute Gasteiger partial charge is 0.304 e. The van der Waals surface area contributed by atoms with E-state index < -0.39 is 4.92 Å². The zero-order chi connectivity index (χ0) is 13.1. The Morgan fingerprint density at radius 2 is 2.28 bits per heavy atom. The second-order valence-corrected chi connectivity index (χ2v) is 5.53. The molecule has 0 bridgehead atoms. The van der Waals surface area contributed by atoms with E-state index in [0.29, 0.717) is 17.9 Å². The fourth-order valence-electron chi connectivity index (χ4n) is 1.40. The molecule has 0 saturated carbocycles. The van der Waals surface area contributed by atoms with Gasteiger partial charge in [0.1, 0.15) is 5.69 Å². The van der Waals surface area contributed by atoms with E-state index >= 15 is 0 Å². The summed E-state index contributed by atoms with van der Waals surface area (Å²) in [7, 11) is 0. The molecule has 0 aliphatic rings. The fourth-order valence-corrected chi connectivity index (χ4v) is 2.45. The molecule has 1 heterocycles. The Balaban J connectivity index is 2.18. The number of aromatic nitrogens is 1. The number of anilines is 1. The molecule has 0 amide bonds. The van der Waals surface area contributed by atoms with E-state index in [1.165, 1.54) is 6.07 Å². The summed E-state index contributed by atoms with van der Waals surface area (Å²) in [6.45, 7) is 0.347. The normalized spacial score (nSPS) is 10.3. The van der Waals surface area contributed by atoms with Gasteiger partial charge in [0, 0.05) is 20.7 Å². The Morgan fingerprint density at radius 3 is 2.89 bits per heavy atom. The lowest BCUT2D eigenvalue weighted by atomic mass is 10.2. The van der Waals surface area contributed by atoms with Crippen LogP contribution < -0.4 is 10.2 Å². The molecule has 0 saturated heterocycles. The molecule has 0 aliphatic carbocycles. The first-order chi connectivity index (χ1) is 8.56. The van der Waals surface area contributed by atoms with Crippen molar-refractivity contribution in [3.05, 3.63) is 52.6 Å². The molecule has 1 aromatic carbocycles. The minimum Gasteiger partial charge on any atom is -0.374 e. The monoisotopic (exact) mass is 377 g/mol. The number of hydrogen-bond acceptors (Lipinski definition) is 5. The van der Waals surface area contributed by atoms with Gasteiger partial charge in [-0.2, -0.15) is 0 Å². The van der Waals surface area contributed by atoms with Crippen LogP contribution in [0.2, 0.25) is 0 Å². The molecule has 6 nitrogen and oxygen atoms in total. The quantitative estimate of drug-likeness (QED) is 0.487. The molecule has 2 aromatic rings. The number of H-pyrrole nitrogens is 1. The topological polar surface area (TPSA) is 88.0 Å². The van der Waals surface area contributed by atoms with Crippen molar-refractivity contribution in [1.82, 2.24) is 4.98 Å². The largest absolute Gasteiger partial charge is 0.374 e. The zero-order valence-electron chi connectivity index (χ0n) is 8.97. The Morgan fingerprint density at radius 1 is 1.50 bits per heavy atom. The molecule has 1 aromatic heterocycles. The van der Waals surface area contributed by atoms with Gasteiger partial charge in [0.2, 0.25) is 0 Å². The Hall–Kier alpha value is -1.42. The summed E-state index contributed by atoms with van der Waals surface area (Å²) in [5, 5.41) is 15.5. The maximum absolute atomic E-state index is 10.9. The molecular weight excluding hydrogens is 369 g/mol. The Kier molecular flexibility index (Phi) is 3.97. The first-order valence-electron chi connectivity index (χ1n) is 4.91. The minimum atomic E-state index is -0.430. The lowest BCUT2D eigenvalue weighted by Gasteiger charge is -2.05. The minimum absolute atomic E-state index is 0.0273. The third-order valence-electron chi connectivity index (χ3n) is 2.20. The predicted octanol–water partition coefficient (Wildman–Crippen LogP) is 2.56. The van der Waals surface area contributed by atoms with Gasteiger partial charge in [0.25, 0.3) is 5.69 Å². The number of rotatable bonds is 4. The number of aromatic amines is 1. The highest BCUT2D eigenvalue weighted by atomic mass is 127. The van der Waals surface area contributed by atoms with Gasteiger partial charge in [-0.1, -0.05) is 11.3 Å². The molecule has 18 heavy (non-hydrogen) atoms. The molecule has 0 atom stereocenters. The van der Waals surface area contributed by atoms with Gasteiger partial charge in [-0.3, -0.25) is 14.9 Å². The zero-order valence-corrected chi connectivity index (χ0v) is 11.9. The average Bonchev–Trinajstić information content (AvgIpc) is 2.73. The highest BCUT2D eigenvalue weighted by Gasteiger charge is 2.13. The summed E-state index contributed by atoms with van der Waals surface area (Å²) in [6, 6.07) is 4.94. The number of thiazole rings is 1. The van der Waals surface area contributed by atoms with Gasteiger partial charge >= 0.3 is 4.87 Å². The van der Waals surface area contributed by atoms with Crippen LogP contribution in [-0.2, 0) is 6.54 Å². The molecule has 8 heteroatoms. The molecule has 0 spiro atoms. The van der Waals surface area contributed by atoms with Crippen molar-refractivity contribution < 1.29 is 4.92 Å². The predicted molar refractivity (Wildman–Crippen MR) is 78.1 cm³/mol.